The third-order valence-electron chi connectivity index (χ3n) is 7.95. The van der Waals surface area contributed by atoms with E-state index in [1.807, 2.05) is 0 Å². The molecule has 1 aliphatic carbocycles. The van der Waals surface area contributed by atoms with Crippen LogP contribution in [-0.4, -0.2) is 27.5 Å². The summed E-state index contributed by atoms with van der Waals surface area (Å²) in [5.74, 6) is -7.71. The summed E-state index contributed by atoms with van der Waals surface area (Å²) in [5, 5.41) is 9.85. The van der Waals surface area contributed by atoms with Crippen LogP contribution in [0.1, 0.15) is 62.0 Å². The Balaban J connectivity index is 1.53. The van der Waals surface area contributed by atoms with E-state index in [2.05, 4.69) is 15.7 Å². The molecule has 2 atom stereocenters. The average Bonchev–Trinajstić information content (AvgIpc) is 3.43. The Labute approximate surface area is 243 Å². The van der Waals surface area contributed by atoms with Crippen LogP contribution < -0.4 is 10.6 Å². The molecule has 0 bridgehead atoms. The molecule has 0 spiro atoms. The topological polar surface area (TPSA) is 76.0 Å². The van der Waals surface area contributed by atoms with Crippen molar-refractivity contribution in [1.29, 1.82) is 0 Å². The van der Waals surface area contributed by atoms with Crippen LogP contribution in [-0.2, 0) is 19.6 Å². The summed E-state index contributed by atoms with van der Waals surface area (Å²) in [4.78, 5) is 26.7. The molecule has 3 aromatic carbocycles. The Morgan fingerprint density at radius 1 is 1.14 bits per heavy atom. The highest BCUT2D eigenvalue weighted by Gasteiger charge is 2.48. The Morgan fingerprint density at radius 2 is 1.88 bits per heavy atom. The van der Waals surface area contributed by atoms with Gasteiger partial charge in [0.1, 0.15) is 17.2 Å². The van der Waals surface area contributed by atoms with Crippen LogP contribution in [0.4, 0.5) is 36.4 Å². The van der Waals surface area contributed by atoms with Crippen LogP contribution >= 0.6 is 11.6 Å². The molecule has 2 amide bonds. The Kier molecular flexibility index (Phi) is 6.71. The largest absolute Gasteiger partial charge is 0.416 e. The fourth-order valence-electron chi connectivity index (χ4n) is 5.65. The summed E-state index contributed by atoms with van der Waals surface area (Å²) in [6.45, 7) is 0. The van der Waals surface area contributed by atoms with Crippen molar-refractivity contribution in [3.8, 4) is 0 Å². The number of anilines is 1. The lowest BCUT2D eigenvalue weighted by atomic mass is 9.77. The van der Waals surface area contributed by atoms with Gasteiger partial charge in [-0.25, -0.2) is 17.6 Å². The van der Waals surface area contributed by atoms with E-state index in [1.165, 1.54) is 23.9 Å². The number of alkyl halides is 5. The highest BCUT2D eigenvalue weighted by Crippen LogP contribution is 2.47. The van der Waals surface area contributed by atoms with E-state index in [-0.39, 0.29) is 63.6 Å². The lowest BCUT2D eigenvalue weighted by Crippen LogP contribution is -2.40. The monoisotopic (exact) mass is 624 g/mol. The van der Waals surface area contributed by atoms with Crippen molar-refractivity contribution >= 4 is 40.0 Å². The number of benzene rings is 3. The van der Waals surface area contributed by atoms with Gasteiger partial charge in [-0.3, -0.25) is 14.3 Å². The first-order valence-corrected chi connectivity index (χ1v) is 13.4. The first-order valence-electron chi connectivity index (χ1n) is 13.0. The molecule has 1 fully saturated rings. The molecule has 6 rings (SSSR count). The predicted molar refractivity (Wildman–Crippen MR) is 142 cm³/mol. The van der Waals surface area contributed by atoms with Gasteiger partial charge >= 0.3 is 6.18 Å². The molecule has 0 radical (unpaired) electrons. The van der Waals surface area contributed by atoms with Gasteiger partial charge in [0.2, 0.25) is 0 Å². The highest BCUT2D eigenvalue weighted by molar-refractivity contribution is 6.31. The van der Waals surface area contributed by atoms with Gasteiger partial charge < -0.3 is 10.6 Å². The summed E-state index contributed by atoms with van der Waals surface area (Å²) in [6.07, 6.45) is -5.06. The summed E-state index contributed by atoms with van der Waals surface area (Å²) in [5.41, 5.74) is -1.59. The first kappa shape index (κ1) is 29.0. The predicted octanol–water partition coefficient (Wildman–Crippen LogP) is 7.20. The third-order valence-corrected chi connectivity index (χ3v) is 8.29. The van der Waals surface area contributed by atoms with Crippen LogP contribution in [0.3, 0.4) is 0 Å². The summed E-state index contributed by atoms with van der Waals surface area (Å²) in [7, 11) is 1.51. The van der Waals surface area contributed by atoms with E-state index in [1.54, 1.807) is 0 Å². The molecule has 1 aliphatic heterocycles. The molecule has 2 N–H and O–H groups in total. The van der Waals surface area contributed by atoms with E-state index in [4.69, 9.17) is 11.6 Å². The van der Waals surface area contributed by atoms with E-state index < -0.39 is 58.6 Å². The highest BCUT2D eigenvalue weighted by atomic mass is 35.5. The van der Waals surface area contributed by atoms with E-state index in [9.17, 15) is 40.3 Å². The molecular weight excluding hydrogens is 605 g/mol. The van der Waals surface area contributed by atoms with Crippen LogP contribution in [0.15, 0.2) is 42.5 Å². The van der Waals surface area contributed by atoms with Gasteiger partial charge in [-0.05, 0) is 55.3 Å². The molecule has 1 saturated carbocycles. The zero-order chi connectivity index (χ0) is 31.0. The number of halogens is 8. The molecule has 0 saturated heterocycles. The number of nitrogens with one attached hydrogen (secondary N) is 2. The second-order valence-electron chi connectivity index (χ2n) is 10.6. The van der Waals surface area contributed by atoms with Crippen molar-refractivity contribution in [2.24, 2.45) is 13.0 Å². The minimum absolute atomic E-state index is 0.0597. The Morgan fingerprint density at radius 3 is 2.53 bits per heavy atom. The molecule has 2 heterocycles. The van der Waals surface area contributed by atoms with Gasteiger partial charge in [-0.15, -0.1) is 0 Å². The molecule has 224 valence electrons. The molecular formula is C29H20ClF7N4O2. The number of nitrogens with zero attached hydrogens (tertiary/aromatic N) is 2. The van der Waals surface area contributed by atoms with Crippen molar-refractivity contribution < 1.29 is 40.3 Å². The van der Waals surface area contributed by atoms with Gasteiger partial charge in [0.05, 0.1) is 17.2 Å². The van der Waals surface area contributed by atoms with Crippen molar-refractivity contribution in [1.82, 2.24) is 15.1 Å². The smallest absolute Gasteiger partial charge is 0.341 e. The number of carbonyl (C=O) groups is 2. The van der Waals surface area contributed by atoms with Crippen molar-refractivity contribution in [3.05, 3.63) is 92.6 Å². The van der Waals surface area contributed by atoms with Crippen molar-refractivity contribution in [2.45, 2.75) is 37.4 Å². The lowest BCUT2D eigenvalue weighted by Gasteiger charge is -2.36. The molecule has 43 heavy (non-hydrogen) atoms. The second kappa shape index (κ2) is 9.97. The number of rotatable bonds is 5. The van der Waals surface area contributed by atoms with Crippen molar-refractivity contribution in [2.75, 3.05) is 5.32 Å². The number of fused-ring (bicyclic) bond motifs is 3. The Hall–Kier alpha value is -4.13. The summed E-state index contributed by atoms with van der Waals surface area (Å²) < 4.78 is 98.1. The number of hydrogen-bond acceptors (Lipinski definition) is 3. The van der Waals surface area contributed by atoms with Crippen LogP contribution in [0.2, 0.25) is 5.02 Å². The Bertz CT molecular complexity index is 1840. The normalized spacial score (nSPS) is 19.2. The van der Waals surface area contributed by atoms with Gasteiger partial charge in [-0.1, -0.05) is 11.6 Å². The second-order valence-corrected chi connectivity index (χ2v) is 11.0. The van der Waals surface area contributed by atoms with Crippen LogP contribution in [0.25, 0.3) is 10.9 Å². The molecule has 6 nitrogen and oxygen atoms in total. The molecule has 14 heteroatoms. The molecule has 4 aromatic rings. The molecule has 2 unspecified atom stereocenters. The van der Waals surface area contributed by atoms with E-state index in [0.29, 0.717) is 17.8 Å². The molecule has 1 aromatic heterocycles. The quantitative estimate of drug-likeness (QED) is 0.231. The molecule has 2 aliphatic rings. The average molecular weight is 625 g/mol. The maximum absolute atomic E-state index is 14.3. The fraction of sp³-hybridized carbons (Fsp3) is 0.276. The zero-order valence-electron chi connectivity index (χ0n) is 22.1. The maximum atomic E-state index is 14.3. The van der Waals surface area contributed by atoms with E-state index in [0.717, 1.165) is 12.1 Å². The van der Waals surface area contributed by atoms with Crippen molar-refractivity contribution in [3.63, 3.8) is 0 Å². The minimum Gasteiger partial charge on any atom is -0.341 e. The van der Waals surface area contributed by atoms with Gasteiger partial charge in [0.25, 0.3) is 17.7 Å². The SMILES string of the molecule is Cn1nc2c3c(c(NC(=O)c4cc(F)cc(C(F)(F)F)c4)cc2c1CC1CCC1(F)F)C(c1cc(F)ccc1Cl)NC3=O. The first-order chi connectivity index (χ1) is 20.1. The van der Waals surface area contributed by atoms with Crippen LogP contribution in [0.5, 0.6) is 0 Å². The number of aromatic nitrogens is 2. The van der Waals surface area contributed by atoms with Gasteiger partial charge in [-0.2, -0.15) is 18.3 Å². The van der Waals surface area contributed by atoms with Gasteiger partial charge in [0, 0.05) is 57.9 Å². The maximum Gasteiger partial charge on any atom is 0.416 e. The summed E-state index contributed by atoms with van der Waals surface area (Å²) in [6, 6.07) is 4.99. The lowest BCUT2D eigenvalue weighted by molar-refractivity contribution is -0.137. The van der Waals surface area contributed by atoms with Crippen LogP contribution in [0, 0.1) is 17.6 Å². The third kappa shape index (κ3) is 4.98. The van der Waals surface area contributed by atoms with E-state index >= 15 is 0 Å². The summed E-state index contributed by atoms with van der Waals surface area (Å²) >= 11 is 6.33. The fourth-order valence-corrected chi connectivity index (χ4v) is 5.87. The minimum atomic E-state index is -4.94. The number of aryl methyl sites for hydroxylation is 1. The van der Waals surface area contributed by atoms with Gasteiger partial charge in [0.15, 0.2) is 0 Å². The number of hydrogen-bond donors (Lipinski definition) is 2. The number of amides is 2. The zero-order valence-corrected chi connectivity index (χ0v) is 22.8. The number of carbonyl (C=O) groups excluding carboxylic acids is 2. The standard InChI is InChI=1S/C29H20ClF7N4O2/c1-41-21(9-13-4-5-28(13,33)34)18-11-20(38-26(42)12-6-14(29(35,36)37)8-16(32)7-12)22-23(25(18)40-41)27(43)39-24(22)17-10-15(31)2-3-19(17)30/h2-3,6-8,10-11,13,24H,4-5,9H2,1H3,(H,38,42)(H,39,43).